The van der Waals surface area contributed by atoms with Crippen LogP contribution in [0.2, 0.25) is 0 Å². The number of nitrogens with one attached hydrogen (secondary N) is 1. The van der Waals surface area contributed by atoms with Crippen LogP contribution in [0.4, 0.5) is 5.69 Å². The summed E-state index contributed by atoms with van der Waals surface area (Å²) in [5.41, 5.74) is 2.31. The van der Waals surface area contributed by atoms with Crippen LogP contribution in [0.25, 0.3) is 17.0 Å². The molecule has 0 amide bonds. The van der Waals surface area contributed by atoms with Crippen LogP contribution in [-0.2, 0) is 5.75 Å². The van der Waals surface area contributed by atoms with Gasteiger partial charge in [0, 0.05) is 24.0 Å². The Morgan fingerprint density at radius 3 is 2.52 bits per heavy atom. The van der Waals surface area contributed by atoms with Crippen molar-refractivity contribution in [3.05, 3.63) is 86.7 Å². The zero-order valence-corrected chi connectivity index (χ0v) is 14.7. The van der Waals surface area contributed by atoms with Crippen LogP contribution in [0.15, 0.2) is 70.6 Å². The van der Waals surface area contributed by atoms with Crippen molar-refractivity contribution in [2.24, 2.45) is 0 Å². The number of aromatic nitrogens is 4. The molecule has 0 fully saturated rings. The molecule has 0 radical (unpaired) electrons. The predicted octanol–water partition coefficient (Wildman–Crippen LogP) is 3.29. The normalized spacial score (nSPS) is 11.0. The maximum atomic E-state index is 12.0. The smallest absolute Gasteiger partial charge is 0.269 e. The average Bonchev–Trinajstić information content (AvgIpc) is 3.09. The van der Waals surface area contributed by atoms with E-state index < -0.39 is 4.92 Å². The molecule has 1 N–H and O–H groups in total. The summed E-state index contributed by atoms with van der Waals surface area (Å²) in [5.74, 6) is 0.930. The van der Waals surface area contributed by atoms with E-state index in [4.69, 9.17) is 0 Å². The van der Waals surface area contributed by atoms with Crippen molar-refractivity contribution in [2.45, 2.75) is 10.9 Å². The second kappa shape index (κ2) is 7.04. The minimum absolute atomic E-state index is 0.0561. The van der Waals surface area contributed by atoms with Crippen molar-refractivity contribution in [3.63, 3.8) is 0 Å². The van der Waals surface area contributed by atoms with Gasteiger partial charge in [0.05, 0.1) is 10.6 Å². The van der Waals surface area contributed by atoms with Crippen LogP contribution in [0.1, 0.15) is 5.56 Å². The number of thioether (sulfide) groups is 1. The fourth-order valence-corrected chi connectivity index (χ4v) is 3.58. The van der Waals surface area contributed by atoms with Gasteiger partial charge in [-0.25, -0.2) is 0 Å². The molecule has 4 rings (SSSR count). The van der Waals surface area contributed by atoms with Crippen molar-refractivity contribution in [1.82, 2.24) is 19.6 Å². The summed E-state index contributed by atoms with van der Waals surface area (Å²) in [6.07, 6.45) is 0. The van der Waals surface area contributed by atoms with E-state index in [9.17, 15) is 14.9 Å². The molecule has 0 aliphatic carbocycles. The van der Waals surface area contributed by atoms with Gasteiger partial charge in [-0.3, -0.25) is 24.3 Å². The van der Waals surface area contributed by atoms with E-state index in [0.717, 1.165) is 11.1 Å². The zero-order chi connectivity index (χ0) is 18.8. The van der Waals surface area contributed by atoms with Crippen LogP contribution in [0.3, 0.4) is 0 Å². The number of rotatable bonds is 5. The lowest BCUT2D eigenvalue weighted by atomic mass is 10.1. The second-order valence-electron chi connectivity index (χ2n) is 5.74. The van der Waals surface area contributed by atoms with Crippen molar-refractivity contribution in [1.29, 1.82) is 0 Å². The number of hydrogen-bond donors (Lipinski definition) is 1. The topological polar surface area (TPSA) is 106 Å². The highest BCUT2D eigenvalue weighted by molar-refractivity contribution is 7.98. The van der Waals surface area contributed by atoms with E-state index in [1.807, 2.05) is 30.3 Å². The Morgan fingerprint density at radius 2 is 1.81 bits per heavy atom. The highest BCUT2D eigenvalue weighted by atomic mass is 32.2. The molecule has 0 aliphatic heterocycles. The lowest BCUT2D eigenvalue weighted by Gasteiger charge is -2.07. The first-order valence-electron chi connectivity index (χ1n) is 8.02. The van der Waals surface area contributed by atoms with Gasteiger partial charge in [-0.05, 0) is 11.1 Å². The number of nitrogens with zero attached hydrogens (tertiary/aromatic N) is 4. The highest BCUT2D eigenvalue weighted by Gasteiger charge is 2.14. The molecule has 0 unspecified atom stereocenters. The van der Waals surface area contributed by atoms with Crippen LogP contribution in [0.5, 0.6) is 0 Å². The van der Waals surface area contributed by atoms with E-state index in [-0.39, 0.29) is 11.2 Å². The molecule has 9 heteroatoms. The van der Waals surface area contributed by atoms with Gasteiger partial charge >= 0.3 is 0 Å². The summed E-state index contributed by atoms with van der Waals surface area (Å²) in [6, 6.07) is 17.4. The van der Waals surface area contributed by atoms with E-state index in [1.165, 1.54) is 30.0 Å². The molecule has 8 nitrogen and oxygen atoms in total. The van der Waals surface area contributed by atoms with Gasteiger partial charge < -0.3 is 0 Å². The number of hydrogen-bond acceptors (Lipinski definition) is 6. The monoisotopic (exact) mass is 379 g/mol. The van der Waals surface area contributed by atoms with Crippen LogP contribution in [0, 0.1) is 10.1 Å². The molecule has 2 aromatic carbocycles. The molecule has 2 aromatic heterocycles. The molecule has 0 bridgehead atoms. The minimum atomic E-state index is -0.425. The SMILES string of the molecule is O=c1cc(-c2ccccc2)n2c(SCc3ccc([N+](=O)[O-])cc3)nnc2[nH]1. The van der Waals surface area contributed by atoms with Gasteiger partial charge in [-0.15, -0.1) is 10.2 Å². The number of nitro groups is 1. The third kappa shape index (κ3) is 3.44. The fourth-order valence-electron chi connectivity index (χ4n) is 2.68. The Bertz CT molecular complexity index is 1170. The molecular formula is C18H13N5O3S. The number of H-pyrrole nitrogens is 1. The number of fused-ring (bicyclic) bond motifs is 1. The van der Waals surface area contributed by atoms with Crippen molar-refractivity contribution in [2.75, 3.05) is 0 Å². The summed E-state index contributed by atoms with van der Waals surface area (Å²) in [7, 11) is 0. The lowest BCUT2D eigenvalue weighted by molar-refractivity contribution is -0.384. The van der Waals surface area contributed by atoms with Gasteiger partial charge in [-0.2, -0.15) is 0 Å². The van der Waals surface area contributed by atoms with Gasteiger partial charge in [0.2, 0.25) is 5.78 Å². The standard InChI is InChI=1S/C18H13N5O3S/c24-16-10-15(13-4-2-1-3-5-13)22-17(19-16)20-21-18(22)27-11-12-6-8-14(9-7-12)23(25)26/h1-10H,11H2,(H,19,20,24). The predicted molar refractivity (Wildman–Crippen MR) is 102 cm³/mol. The molecule has 134 valence electrons. The van der Waals surface area contributed by atoms with Gasteiger partial charge in [0.1, 0.15) is 0 Å². The summed E-state index contributed by atoms with van der Waals surface area (Å²) in [4.78, 5) is 25.0. The molecule has 0 aliphatic rings. The minimum Gasteiger partial charge on any atom is -0.291 e. The lowest BCUT2D eigenvalue weighted by Crippen LogP contribution is -2.09. The summed E-state index contributed by atoms with van der Waals surface area (Å²) < 4.78 is 1.80. The van der Waals surface area contributed by atoms with Crippen molar-refractivity contribution in [3.8, 4) is 11.3 Å². The molecular weight excluding hydrogens is 366 g/mol. The van der Waals surface area contributed by atoms with Crippen molar-refractivity contribution >= 4 is 23.2 Å². The third-order valence-corrected chi connectivity index (χ3v) is 4.96. The van der Waals surface area contributed by atoms with Crippen LogP contribution in [-0.4, -0.2) is 24.5 Å². The number of benzene rings is 2. The quantitative estimate of drug-likeness (QED) is 0.324. The first kappa shape index (κ1) is 17.0. The Morgan fingerprint density at radius 1 is 1.07 bits per heavy atom. The van der Waals surface area contributed by atoms with Crippen LogP contribution >= 0.6 is 11.8 Å². The molecule has 0 saturated heterocycles. The Labute approximate surface area is 157 Å². The molecule has 0 atom stereocenters. The van der Waals surface area contributed by atoms with Gasteiger partial charge in [0.25, 0.3) is 11.2 Å². The van der Waals surface area contributed by atoms with E-state index in [0.29, 0.717) is 22.4 Å². The Hall–Kier alpha value is -3.46. The first-order valence-corrected chi connectivity index (χ1v) is 9.00. The fraction of sp³-hybridized carbons (Fsp3) is 0.0556. The third-order valence-electron chi connectivity index (χ3n) is 3.96. The maximum Gasteiger partial charge on any atom is 0.269 e. The highest BCUT2D eigenvalue weighted by Crippen LogP contribution is 2.26. The van der Waals surface area contributed by atoms with Gasteiger partial charge in [0.15, 0.2) is 5.16 Å². The summed E-state index contributed by atoms with van der Waals surface area (Å²) in [6.45, 7) is 0. The first-order chi connectivity index (χ1) is 13.1. The van der Waals surface area contributed by atoms with Crippen molar-refractivity contribution < 1.29 is 4.92 Å². The molecule has 4 aromatic rings. The Kier molecular flexibility index (Phi) is 4.43. The summed E-state index contributed by atoms with van der Waals surface area (Å²) >= 11 is 1.44. The zero-order valence-electron chi connectivity index (χ0n) is 13.9. The van der Waals surface area contributed by atoms with Crippen LogP contribution < -0.4 is 5.56 Å². The molecule has 2 heterocycles. The average molecular weight is 379 g/mol. The number of nitro benzene ring substituents is 1. The Balaban J connectivity index is 1.68. The number of non-ortho nitro benzene ring substituents is 1. The maximum absolute atomic E-state index is 12.0. The van der Waals surface area contributed by atoms with Gasteiger partial charge in [-0.1, -0.05) is 54.2 Å². The molecule has 27 heavy (non-hydrogen) atoms. The second-order valence-corrected chi connectivity index (χ2v) is 6.68. The largest absolute Gasteiger partial charge is 0.291 e. The molecule has 0 saturated carbocycles. The van der Waals surface area contributed by atoms with E-state index in [1.54, 1.807) is 16.5 Å². The van der Waals surface area contributed by atoms with E-state index >= 15 is 0 Å². The summed E-state index contributed by atoms with van der Waals surface area (Å²) in [5, 5.41) is 19.6. The number of aromatic amines is 1. The molecule has 0 spiro atoms. The van der Waals surface area contributed by atoms with E-state index in [2.05, 4.69) is 15.2 Å².